The lowest BCUT2D eigenvalue weighted by Crippen LogP contribution is -2.30. The molecule has 3 aromatic rings. The Kier molecular flexibility index (Phi) is 2.41. The van der Waals surface area contributed by atoms with Crippen LogP contribution in [0.3, 0.4) is 0 Å². The summed E-state index contributed by atoms with van der Waals surface area (Å²) in [5.41, 5.74) is 3.80. The minimum Gasteiger partial charge on any atom is -0.296 e. The van der Waals surface area contributed by atoms with Crippen LogP contribution in [0.5, 0.6) is 0 Å². The molecule has 2 heterocycles. The van der Waals surface area contributed by atoms with E-state index in [0.29, 0.717) is 0 Å². The molecule has 0 aliphatic carbocycles. The molecule has 0 spiro atoms. The van der Waals surface area contributed by atoms with E-state index >= 15 is 0 Å². The van der Waals surface area contributed by atoms with Crippen molar-refractivity contribution in [3.63, 3.8) is 0 Å². The van der Waals surface area contributed by atoms with E-state index in [-0.39, 0.29) is 0 Å². The summed E-state index contributed by atoms with van der Waals surface area (Å²) in [4.78, 5) is 5.28. The summed E-state index contributed by atoms with van der Waals surface area (Å²) < 4.78 is 14.9. The van der Waals surface area contributed by atoms with Crippen LogP contribution >= 0.6 is 0 Å². The third-order valence-corrected chi connectivity index (χ3v) is 6.14. The molecule has 0 saturated heterocycles. The van der Waals surface area contributed by atoms with Crippen molar-refractivity contribution in [3.05, 3.63) is 54.7 Å². The molecule has 1 unspecified atom stereocenters. The van der Waals surface area contributed by atoms with Crippen LogP contribution in [0.4, 0.5) is 5.69 Å². The Morgan fingerprint density at radius 2 is 1.86 bits per heavy atom. The van der Waals surface area contributed by atoms with Gasteiger partial charge in [0.05, 0.1) is 25.8 Å². The lowest BCUT2D eigenvalue weighted by Gasteiger charge is -2.33. The number of nitrogens with zero attached hydrogens (tertiary/aromatic N) is 2. The summed E-state index contributed by atoms with van der Waals surface area (Å²) in [6, 6.07) is 15.8. The Labute approximate surface area is 124 Å². The number of aromatic nitrogens is 1. The highest BCUT2D eigenvalue weighted by atomic mass is 32.2. The zero-order chi connectivity index (χ0) is 14.6. The van der Waals surface area contributed by atoms with E-state index in [2.05, 4.69) is 23.0 Å². The van der Waals surface area contributed by atoms with Crippen LogP contribution in [0.15, 0.2) is 59.6 Å². The van der Waals surface area contributed by atoms with Crippen molar-refractivity contribution in [2.75, 3.05) is 11.4 Å². The molecule has 21 heavy (non-hydrogen) atoms. The summed E-state index contributed by atoms with van der Waals surface area (Å²) in [5, 5.41) is 1.04. The first-order valence-corrected chi connectivity index (χ1v) is 8.37. The lowest BCUT2D eigenvalue weighted by atomic mass is 10.0. The number of anilines is 1. The molecule has 0 saturated carbocycles. The highest BCUT2D eigenvalue weighted by molar-refractivity contribution is 8.01. The van der Waals surface area contributed by atoms with Gasteiger partial charge in [0.15, 0.2) is 0 Å². The van der Waals surface area contributed by atoms with Gasteiger partial charge < -0.3 is 0 Å². The van der Waals surface area contributed by atoms with E-state index in [0.717, 1.165) is 32.6 Å². The number of hydrogen-bond acceptors (Lipinski definition) is 2. The predicted octanol–water partition coefficient (Wildman–Crippen LogP) is 3.34. The summed E-state index contributed by atoms with van der Waals surface area (Å²) in [5.74, 6) is 3.98. The van der Waals surface area contributed by atoms with Crippen LogP contribution < -0.4 is 4.31 Å². The van der Waals surface area contributed by atoms with E-state index in [1.165, 1.54) is 0 Å². The molecule has 0 fully saturated rings. The van der Waals surface area contributed by atoms with Crippen LogP contribution in [0, 0.1) is 0 Å². The second-order valence-electron chi connectivity index (χ2n) is 5.17. The Bertz CT molecular complexity index is 977. The van der Waals surface area contributed by atoms with Crippen LogP contribution in [-0.4, -0.2) is 22.1 Å². The molecule has 4 rings (SSSR count). The summed E-state index contributed by atoms with van der Waals surface area (Å²) in [6.45, 7) is 0. The third kappa shape index (κ3) is 1.56. The fraction of sp³-hybridized carbons (Fsp3) is 0.0588. The van der Waals surface area contributed by atoms with Gasteiger partial charge in [0.1, 0.15) is 0 Å². The van der Waals surface area contributed by atoms with E-state index in [1.807, 2.05) is 43.4 Å². The van der Waals surface area contributed by atoms with Crippen molar-refractivity contribution < 1.29 is 4.21 Å². The van der Waals surface area contributed by atoms with E-state index < -0.39 is 9.71 Å². The topological polar surface area (TPSA) is 33.2 Å². The molecule has 0 N–H and O–H groups in total. The van der Waals surface area contributed by atoms with Crippen LogP contribution in [0.2, 0.25) is 0 Å². The Morgan fingerprint density at radius 3 is 2.71 bits per heavy atom. The van der Waals surface area contributed by atoms with E-state index in [9.17, 15) is 4.21 Å². The summed E-state index contributed by atoms with van der Waals surface area (Å²) >= 11 is 0. The maximum Gasteiger partial charge on any atom is 0.0950 e. The largest absolute Gasteiger partial charge is 0.296 e. The van der Waals surface area contributed by atoms with Crippen LogP contribution in [0.25, 0.3) is 22.0 Å². The number of fused-ring (bicyclic) bond motifs is 5. The molecule has 1 atom stereocenters. The average molecular weight is 294 g/mol. The summed E-state index contributed by atoms with van der Waals surface area (Å²) in [7, 11) is -0.701. The van der Waals surface area contributed by atoms with Gasteiger partial charge in [-0.15, -0.1) is 0 Å². The van der Waals surface area contributed by atoms with Gasteiger partial charge in [-0.2, -0.15) is 0 Å². The Balaban J connectivity index is 2.22. The molecule has 1 aliphatic heterocycles. The molecule has 104 valence electrons. The first kappa shape index (κ1) is 12.4. The van der Waals surface area contributed by atoms with Crippen LogP contribution in [-0.2, 0) is 9.71 Å². The van der Waals surface area contributed by atoms with Crippen molar-refractivity contribution in [1.82, 2.24) is 4.98 Å². The molecule has 0 radical (unpaired) electrons. The molecule has 2 aromatic carbocycles. The van der Waals surface area contributed by atoms with Crippen molar-refractivity contribution in [3.8, 4) is 11.1 Å². The monoisotopic (exact) mass is 294 g/mol. The smallest absolute Gasteiger partial charge is 0.0950 e. The van der Waals surface area contributed by atoms with Crippen molar-refractivity contribution in [2.45, 2.75) is 4.90 Å². The van der Waals surface area contributed by atoms with Gasteiger partial charge in [0.2, 0.25) is 0 Å². The quantitative estimate of drug-likeness (QED) is 0.596. The highest BCUT2D eigenvalue weighted by Gasteiger charge is 2.29. The minimum absolute atomic E-state index is 0.787. The maximum atomic E-state index is 13.2. The fourth-order valence-electron chi connectivity index (χ4n) is 2.93. The van der Waals surface area contributed by atoms with Gasteiger partial charge in [-0.1, -0.05) is 36.4 Å². The molecule has 3 nitrogen and oxygen atoms in total. The van der Waals surface area contributed by atoms with Gasteiger partial charge in [0, 0.05) is 29.8 Å². The normalized spacial score (nSPS) is 20.1. The SMILES string of the molecule is C=S1(=O)c2ccccc2-c2ccc3cccnc3c2N1C. The second-order valence-corrected chi connectivity index (χ2v) is 7.44. The third-order valence-electron chi connectivity index (χ3n) is 4.03. The molecule has 1 aromatic heterocycles. The van der Waals surface area contributed by atoms with Crippen molar-refractivity contribution in [2.24, 2.45) is 0 Å². The van der Waals surface area contributed by atoms with Gasteiger partial charge >= 0.3 is 0 Å². The van der Waals surface area contributed by atoms with Gasteiger partial charge in [-0.3, -0.25) is 9.29 Å². The zero-order valence-electron chi connectivity index (χ0n) is 11.6. The lowest BCUT2D eigenvalue weighted by molar-refractivity contribution is 0.679. The van der Waals surface area contributed by atoms with Gasteiger partial charge in [-0.05, 0) is 18.0 Å². The number of pyridine rings is 1. The average Bonchev–Trinajstić information content (AvgIpc) is 2.52. The molecule has 0 amide bonds. The molecule has 4 heteroatoms. The van der Waals surface area contributed by atoms with Crippen LogP contribution in [0.1, 0.15) is 0 Å². The maximum absolute atomic E-state index is 13.2. The first-order chi connectivity index (χ1) is 10.1. The van der Waals surface area contributed by atoms with Crippen molar-refractivity contribution in [1.29, 1.82) is 0 Å². The molecular weight excluding hydrogens is 280 g/mol. The summed E-state index contributed by atoms with van der Waals surface area (Å²) in [6.07, 6.45) is 1.77. The number of benzene rings is 2. The highest BCUT2D eigenvalue weighted by Crippen LogP contribution is 2.44. The van der Waals surface area contributed by atoms with Crippen molar-refractivity contribution >= 4 is 32.2 Å². The van der Waals surface area contributed by atoms with E-state index in [1.54, 1.807) is 10.5 Å². The molecular formula is C17H14N2OS. The predicted molar refractivity (Wildman–Crippen MR) is 89.1 cm³/mol. The Morgan fingerprint density at radius 1 is 1.05 bits per heavy atom. The van der Waals surface area contributed by atoms with E-state index in [4.69, 9.17) is 0 Å². The molecule has 1 aliphatic rings. The number of rotatable bonds is 0. The Hall–Kier alpha value is -2.33. The standard InChI is InChI=1S/C17H14N2OS/c1-19-17-14(10-9-12-6-5-11-18-16(12)17)13-7-3-4-8-15(13)21(19,2)20/h3-11H,2H2,1H3. The fourth-order valence-corrected chi connectivity index (χ4v) is 4.52. The minimum atomic E-state index is -2.53. The number of hydrogen-bond donors (Lipinski definition) is 0. The molecule has 0 bridgehead atoms. The van der Waals surface area contributed by atoms with Gasteiger partial charge in [-0.25, -0.2) is 4.21 Å². The zero-order valence-corrected chi connectivity index (χ0v) is 12.4. The van der Waals surface area contributed by atoms with Gasteiger partial charge in [0.25, 0.3) is 0 Å². The first-order valence-electron chi connectivity index (χ1n) is 6.69. The second kappa shape index (κ2) is 4.09.